The summed E-state index contributed by atoms with van der Waals surface area (Å²) in [4.78, 5) is 29.5. The zero-order chi connectivity index (χ0) is 22.2. The van der Waals surface area contributed by atoms with E-state index in [0.29, 0.717) is 11.6 Å². The number of aliphatic hydroxyl groups is 1. The van der Waals surface area contributed by atoms with E-state index in [1.54, 1.807) is 0 Å². The molecule has 4 rings (SSSR count). The molecular formula is C24H35N3O4. The van der Waals surface area contributed by atoms with Crippen LogP contribution in [0, 0.1) is 12.3 Å². The molecule has 3 aliphatic rings. The standard InChI is InChI=1S/C24H35N3O4/c1-17-15-18(25-22(29)31-3)5-6-20(17)26-13-4-9-24(16-26)12-14-27(21(24)28)19-7-10-23(2,30)11-8-19/h5-6,15,19,30H,4,7-14,16H2,1-3H3,(H,25,29). The zero-order valence-corrected chi connectivity index (χ0v) is 18.9. The molecule has 1 atom stereocenters. The van der Waals surface area contributed by atoms with Crippen LogP contribution >= 0.6 is 0 Å². The average molecular weight is 430 g/mol. The smallest absolute Gasteiger partial charge is 0.411 e. The highest BCUT2D eigenvalue weighted by molar-refractivity contribution is 5.87. The first kappa shape index (κ1) is 21.9. The van der Waals surface area contributed by atoms with Gasteiger partial charge in [0.2, 0.25) is 5.91 Å². The summed E-state index contributed by atoms with van der Waals surface area (Å²) in [6, 6.07) is 6.13. The third kappa shape index (κ3) is 4.38. The first-order valence-electron chi connectivity index (χ1n) is 11.5. The van der Waals surface area contributed by atoms with E-state index < -0.39 is 11.7 Å². The fourth-order valence-electron chi connectivity index (χ4n) is 5.71. The number of anilines is 2. The van der Waals surface area contributed by atoms with Crippen LogP contribution in [0.3, 0.4) is 0 Å². The maximum absolute atomic E-state index is 13.6. The molecule has 7 heteroatoms. The van der Waals surface area contributed by atoms with Crippen molar-refractivity contribution >= 4 is 23.4 Å². The van der Waals surface area contributed by atoms with Gasteiger partial charge in [-0.15, -0.1) is 0 Å². The van der Waals surface area contributed by atoms with Crippen molar-refractivity contribution in [2.45, 2.75) is 70.4 Å². The predicted octanol–water partition coefficient (Wildman–Crippen LogP) is 3.69. The summed E-state index contributed by atoms with van der Waals surface area (Å²) < 4.78 is 4.67. The van der Waals surface area contributed by atoms with Crippen molar-refractivity contribution in [2.75, 3.05) is 37.0 Å². The number of aryl methyl sites for hydroxylation is 1. The quantitative estimate of drug-likeness (QED) is 0.766. The Bertz CT molecular complexity index is 845. The summed E-state index contributed by atoms with van der Waals surface area (Å²) in [6.07, 6.45) is 5.71. The van der Waals surface area contributed by atoms with E-state index in [9.17, 15) is 14.7 Å². The Hall–Kier alpha value is -2.28. The van der Waals surface area contributed by atoms with Gasteiger partial charge in [-0.2, -0.15) is 0 Å². The second-order valence-electron chi connectivity index (χ2n) is 9.90. The Morgan fingerprint density at radius 1 is 1.19 bits per heavy atom. The fourth-order valence-corrected chi connectivity index (χ4v) is 5.71. The van der Waals surface area contributed by atoms with Gasteiger partial charge in [0.25, 0.3) is 0 Å². The van der Waals surface area contributed by atoms with E-state index >= 15 is 0 Å². The Balaban J connectivity index is 1.46. The van der Waals surface area contributed by atoms with E-state index in [1.165, 1.54) is 7.11 Å². The van der Waals surface area contributed by atoms with E-state index in [4.69, 9.17) is 0 Å². The number of likely N-dealkylation sites (tertiary alicyclic amines) is 1. The van der Waals surface area contributed by atoms with Crippen LogP contribution < -0.4 is 10.2 Å². The molecule has 0 radical (unpaired) electrons. The number of amides is 2. The molecule has 1 saturated carbocycles. The van der Waals surface area contributed by atoms with Crippen LogP contribution in [-0.2, 0) is 9.53 Å². The van der Waals surface area contributed by atoms with Crippen molar-refractivity contribution in [3.63, 3.8) is 0 Å². The molecule has 2 N–H and O–H groups in total. The topological polar surface area (TPSA) is 82.1 Å². The third-order valence-electron chi connectivity index (χ3n) is 7.57. The second kappa shape index (κ2) is 8.34. The van der Waals surface area contributed by atoms with E-state index in [1.807, 2.05) is 32.0 Å². The molecular weight excluding hydrogens is 394 g/mol. The molecule has 0 bridgehead atoms. The van der Waals surface area contributed by atoms with Gasteiger partial charge in [-0.25, -0.2) is 4.79 Å². The van der Waals surface area contributed by atoms with Gasteiger partial charge in [-0.05, 0) is 82.6 Å². The second-order valence-corrected chi connectivity index (χ2v) is 9.90. The van der Waals surface area contributed by atoms with Crippen molar-refractivity contribution in [3.05, 3.63) is 23.8 Å². The Morgan fingerprint density at radius 3 is 2.61 bits per heavy atom. The highest BCUT2D eigenvalue weighted by Crippen LogP contribution is 2.44. The number of carbonyl (C=O) groups excluding carboxylic acids is 2. The number of hydrogen-bond acceptors (Lipinski definition) is 5. The minimum atomic E-state index is -0.578. The number of benzene rings is 1. The Kier molecular flexibility index (Phi) is 5.90. The third-order valence-corrected chi connectivity index (χ3v) is 7.57. The van der Waals surface area contributed by atoms with Gasteiger partial charge in [-0.3, -0.25) is 10.1 Å². The highest BCUT2D eigenvalue weighted by atomic mass is 16.5. The molecule has 1 unspecified atom stereocenters. The molecule has 0 aromatic heterocycles. The van der Waals surface area contributed by atoms with Gasteiger partial charge in [0.05, 0.1) is 18.1 Å². The molecule has 1 spiro atoms. The van der Waals surface area contributed by atoms with Crippen LogP contribution in [0.1, 0.15) is 57.4 Å². The minimum absolute atomic E-state index is 0.271. The first-order chi connectivity index (χ1) is 14.7. The molecule has 2 heterocycles. The van der Waals surface area contributed by atoms with Crippen LogP contribution in [0.15, 0.2) is 18.2 Å². The predicted molar refractivity (Wildman–Crippen MR) is 120 cm³/mol. The van der Waals surface area contributed by atoms with Crippen LogP contribution in [-0.4, -0.2) is 60.4 Å². The molecule has 7 nitrogen and oxygen atoms in total. The number of methoxy groups -OCH3 is 1. The number of nitrogens with zero attached hydrogens (tertiary/aromatic N) is 2. The number of ether oxygens (including phenoxy) is 1. The van der Waals surface area contributed by atoms with E-state index in [0.717, 1.165) is 75.8 Å². The highest BCUT2D eigenvalue weighted by Gasteiger charge is 2.51. The van der Waals surface area contributed by atoms with Crippen molar-refractivity contribution in [1.82, 2.24) is 4.90 Å². The molecule has 31 heavy (non-hydrogen) atoms. The fraction of sp³-hybridized carbons (Fsp3) is 0.667. The van der Waals surface area contributed by atoms with Gasteiger partial charge < -0.3 is 19.6 Å². The number of hydrogen-bond donors (Lipinski definition) is 2. The molecule has 3 fully saturated rings. The monoisotopic (exact) mass is 429 g/mol. The van der Waals surface area contributed by atoms with E-state index in [2.05, 4.69) is 19.9 Å². The lowest BCUT2D eigenvalue weighted by atomic mass is 9.78. The lowest BCUT2D eigenvalue weighted by Gasteiger charge is -2.42. The van der Waals surface area contributed by atoms with Crippen molar-refractivity contribution in [3.8, 4) is 0 Å². The molecule has 1 aromatic rings. The molecule has 2 aliphatic heterocycles. The zero-order valence-electron chi connectivity index (χ0n) is 18.9. The van der Waals surface area contributed by atoms with Crippen molar-refractivity contribution in [2.24, 2.45) is 5.41 Å². The van der Waals surface area contributed by atoms with Crippen LogP contribution in [0.4, 0.5) is 16.2 Å². The van der Waals surface area contributed by atoms with E-state index in [-0.39, 0.29) is 11.5 Å². The van der Waals surface area contributed by atoms with Gasteiger partial charge in [-0.1, -0.05) is 0 Å². The van der Waals surface area contributed by atoms with Crippen LogP contribution in [0.5, 0.6) is 0 Å². The number of carbonyl (C=O) groups is 2. The average Bonchev–Trinajstić information content (AvgIpc) is 3.03. The van der Waals surface area contributed by atoms with Gasteiger partial charge >= 0.3 is 6.09 Å². The Labute approximate surface area is 184 Å². The number of piperidine rings is 1. The molecule has 2 amide bonds. The summed E-state index contributed by atoms with van der Waals surface area (Å²) in [5.41, 5.74) is 2.02. The van der Waals surface area contributed by atoms with Gasteiger partial charge in [0.1, 0.15) is 0 Å². The summed E-state index contributed by atoms with van der Waals surface area (Å²) in [7, 11) is 1.35. The van der Waals surface area contributed by atoms with Crippen molar-refractivity contribution in [1.29, 1.82) is 0 Å². The SMILES string of the molecule is COC(=O)Nc1ccc(N2CCCC3(CCN(C4CCC(C)(O)CC4)C3=O)C2)c(C)c1. The largest absolute Gasteiger partial charge is 0.453 e. The summed E-state index contributed by atoms with van der Waals surface area (Å²) in [5, 5.41) is 13.0. The summed E-state index contributed by atoms with van der Waals surface area (Å²) in [5.74, 6) is 0.311. The van der Waals surface area contributed by atoms with Gasteiger partial charge in [0, 0.05) is 37.1 Å². The maximum atomic E-state index is 13.6. The Morgan fingerprint density at radius 2 is 1.94 bits per heavy atom. The molecule has 1 aromatic carbocycles. The molecule has 1 aliphatic carbocycles. The van der Waals surface area contributed by atoms with Gasteiger partial charge in [0.15, 0.2) is 0 Å². The normalized spacial score (nSPS) is 31.2. The lowest BCUT2D eigenvalue weighted by Crippen LogP contribution is -2.50. The number of rotatable bonds is 3. The summed E-state index contributed by atoms with van der Waals surface area (Å²) in [6.45, 7) is 6.46. The van der Waals surface area contributed by atoms with Crippen LogP contribution in [0.2, 0.25) is 0 Å². The summed E-state index contributed by atoms with van der Waals surface area (Å²) >= 11 is 0. The molecule has 170 valence electrons. The number of nitrogens with one attached hydrogen (secondary N) is 1. The maximum Gasteiger partial charge on any atom is 0.411 e. The van der Waals surface area contributed by atoms with Crippen LogP contribution in [0.25, 0.3) is 0 Å². The minimum Gasteiger partial charge on any atom is -0.453 e. The molecule has 2 saturated heterocycles. The van der Waals surface area contributed by atoms with Crippen molar-refractivity contribution < 1.29 is 19.4 Å². The lowest BCUT2D eigenvalue weighted by molar-refractivity contribution is -0.140. The first-order valence-corrected chi connectivity index (χ1v) is 11.5.